The van der Waals surface area contributed by atoms with Crippen molar-refractivity contribution < 1.29 is 9.26 Å². The topological polar surface area (TPSA) is 66.0 Å². The van der Waals surface area contributed by atoms with Crippen LogP contribution in [0.1, 0.15) is 17.5 Å². The molecule has 0 saturated carbocycles. The quantitative estimate of drug-likeness (QED) is 0.678. The van der Waals surface area contributed by atoms with Crippen LogP contribution in [-0.4, -0.2) is 26.8 Å². The number of para-hydroxylation sites is 1. The maximum absolute atomic E-state index is 6.01. The second-order valence-electron chi connectivity index (χ2n) is 4.62. The summed E-state index contributed by atoms with van der Waals surface area (Å²) in [7, 11) is 1.64. The number of ether oxygens (including phenoxy) is 1. The van der Waals surface area contributed by atoms with Crippen LogP contribution in [0.2, 0.25) is 0 Å². The Balaban J connectivity index is 1.96. The van der Waals surface area contributed by atoms with Gasteiger partial charge in [0.15, 0.2) is 5.82 Å². The first-order valence-corrected chi connectivity index (χ1v) is 7.13. The van der Waals surface area contributed by atoms with Gasteiger partial charge in [0.1, 0.15) is 17.1 Å². The minimum absolute atomic E-state index is 0.336. The fourth-order valence-corrected chi connectivity index (χ4v) is 2.54. The molecule has 0 radical (unpaired) electrons. The molecule has 3 aromatic rings. The molecule has 2 heterocycles. The molecule has 0 spiro atoms. The van der Waals surface area contributed by atoms with Gasteiger partial charge < -0.3 is 13.8 Å². The lowest BCUT2D eigenvalue weighted by molar-refractivity contribution is 0.386. The lowest BCUT2D eigenvalue weighted by atomic mass is 10.3. The first-order chi connectivity index (χ1) is 10.2. The Labute approximate surface area is 126 Å². The second kappa shape index (κ2) is 5.73. The number of nitrogens with zero attached hydrogens (tertiary/aromatic N) is 4. The highest BCUT2D eigenvalue weighted by atomic mass is 35.5. The molecule has 0 saturated heterocycles. The van der Waals surface area contributed by atoms with Crippen LogP contribution in [0.15, 0.2) is 22.7 Å². The Kier molecular flexibility index (Phi) is 3.79. The van der Waals surface area contributed by atoms with Crippen molar-refractivity contribution in [2.24, 2.45) is 0 Å². The van der Waals surface area contributed by atoms with Gasteiger partial charge in [-0.05, 0) is 12.1 Å². The minimum Gasteiger partial charge on any atom is -0.494 e. The van der Waals surface area contributed by atoms with Gasteiger partial charge in [0.05, 0.1) is 18.5 Å². The summed E-state index contributed by atoms with van der Waals surface area (Å²) in [5.74, 6) is 3.13. The van der Waals surface area contributed by atoms with Gasteiger partial charge in [-0.15, -0.1) is 11.6 Å². The third kappa shape index (κ3) is 2.58. The smallest absolute Gasteiger partial charge is 0.223 e. The maximum atomic E-state index is 6.01. The lowest BCUT2D eigenvalue weighted by Gasteiger charge is -2.06. The van der Waals surface area contributed by atoms with Gasteiger partial charge in [-0.2, -0.15) is 4.98 Å². The zero-order valence-corrected chi connectivity index (χ0v) is 12.6. The van der Waals surface area contributed by atoms with Crippen LogP contribution in [0.3, 0.4) is 0 Å². The summed E-state index contributed by atoms with van der Waals surface area (Å²) in [6, 6.07) is 5.83. The number of benzene rings is 1. The Morgan fingerprint density at radius 1 is 1.33 bits per heavy atom. The van der Waals surface area contributed by atoms with Crippen molar-refractivity contribution in [1.82, 2.24) is 19.7 Å². The molecule has 0 atom stereocenters. The highest BCUT2D eigenvalue weighted by molar-refractivity contribution is 6.16. The SMILES string of the molecule is COc1cccc2c1nc(CCl)n2CCc1noc(C)n1. The summed E-state index contributed by atoms with van der Waals surface area (Å²) in [5.41, 5.74) is 1.81. The van der Waals surface area contributed by atoms with E-state index in [0.717, 1.165) is 22.6 Å². The largest absolute Gasteiger partial charge is 0.494 e. The van der Waals surface area contributed by atoms with E-state index in [2.05, 4.69) is 19.7 Å². The molecular formula is C14H15ClN4O2. The number of alkyl halides is 1. The number of aryl methyl sites for hydroxylation is 3. The number of hydrogen-bond donors (Lipinski definition) is 0. The summed E-state index contributed by atoms with van der Waals surface area (Å²) in [6.07, 6.45) is 0.657. The van der Waals surface area contributed by atoms with E-state index in [4.69, 9.17) is 20.9 Å². The monoisotopic (exact) mass is 306 g/mol. The number of imidazole rings is 1. The van der Waals surface area contributed by atoms with Crippen LogP contribution in [-0.2, 0) is 18.8 Å². The molecule has 0 N–H and O–H groups in total. The molecule has 2 aromatic heterocycles. The van der Waals surface area contributed by atoms with Gasteiger partial charge in [0, 0.05) is 19.9 Å². The Hall–Kier alpha value is -2.08. The van der Waals surface area contributed by atoms with Gasteiger partial charge in [-0.3, -0.25) is 0 Å². The van der Waals surface area contributed by atoms with Crippen molar-refractivity contribution in [3.05, 3.63) is 35.7 Å². The number of rotatable bonds is 5. The molecule has 21 heavy (non-hydrogen) atoms. The molecule has 0 amide bonds. The highest BCUT2D eigenvalue weighted by Crippen LogP contribution is 2.26. The van der Waals surface area contributed by atoms with Crippen molar-refractivity contribution in [3.63, 3.8) is 0 Å². The highest BCUT2D eigenvalue weighted by Gasteiger charge is 2.14. The number of aromatic nitrogens is 4. The standard InChI is InChI=1S/C14H15ClN4O2/c1-9-16-12(18-21-9)6-7-19-10-4-3-5-11(20-2)14(10)17-13(19)8-15/h3-5H,6-8H2,1-2H3. The number of halogens is 1. The van der Waals surface area contributed by atoms with E-state index in [-0.39, 0.29) is 0 Å². The second-order valence-corrected chi connectivity index (χ2v) is 4.89. The van der Waals surface area contributed by atoms with Gasteiger partial charge in [-0.25, -0.2) is 4.98 Å². The third-order valence-electron chi connectivity index (χ3n) is 3.29. The van der Waals surface area contributed by atoms with E-state index < -0.39 is 0 Å². The van der Waals surface area contributed by atoms with Crippen molar-refractivity contribution in [3.8, 4) is 5.75 Å². The van der Waals surface area contributed by atoms with Gasteiger partial charge in [0.25, 0.3) is 0 Å². The molecule has 7 heteroatoms. The predicted octanol–water partition coefficient (Wildman–Crippen LogP) is 2.72. The van der Waals surface area contributed by atoms with Gasteiger partial charge in [0.2, 0.25) is 5.89 Å². The fourth-order valence-electron chi connectivity index (χ4n) is 2.34. The van der Waals surface area contributed by atoms with Crippen LogP contribution in [0, 0.1) is 6.92 Å². The minimum atomic E-state index is 0.336. The van der Waals surface area contributed by atoms with E-state index >= 15 is 0 Å². The molecule has 1 aromatic carbocycles. The van der Waals surface area contributed by atoms with E-state index in [1.54, 1.807) is 14.0 Å². The van der Waals surface area contributed by atoms with E-state index in [1.807, 2.05) is 18.2 Å². The van der Waals surface area contributed by atoms with E-state index in [1.165, 1.54) is 0 Å². The zero-order valence-electron chi connectivity index (χ0n) is 11.8. The maximum Gasteiger partial charge on any atom is 0.223 e. The van der Waals surface area contributed by atoms with Crippen molar-refractivity contribution in [2.75, 3.05) is 7.11 Å². The normalized spacial score (nSPS) is 11.2. The molecule has 0 aliphatic heterocycles. The third-order valence-corrected chi connectivity index (χ3v) is 3.53. The summed E-state index contributed by atoms with van der Waals surface area (Å²) in [5, 5.41) is 3.91. The average Bonchev–Trinajstić information content (AvgIpc) is 3.07. The summed E-state index contributed by atoms with van der Waals surface area (Å²) >= 11 is 6.01. The van der Waals surface area contributed by atoms with E-state index in [9.17, 15) is 0 Å². The van der Waals surface area contributed by atoms with Crippen molar-refractivity contribution >= 4 is 22.6 Å². The number of fused-ring (bicyclic) bond motifs is 1. The molecule has 0 aliphatic carbocycles. The Bertz CT molecular complexity index is 766. The van der Waals surface area contributed by atoms with Crippen LogP contribution in [0.5, 0.6) is 5.75 Å². The van der Waals surface area contributed by atoms with Crippen LogP contribution < -0.4 is 4.74 Å². The van der Waals surface area contributed by atoms with E-state index in [0.29, 0.717) is 30.6 Å². The molecule has 6 nitrogen and oxygen atoms in total. The van der Waals surface area contributed by atoms with Gasteiger partial charge in [-0.1, -0.05) is 11.2 Å². The molecule has 0 unspecified atom stereocenters. The molecular weight excluding hydrogens is 292 g/mol. The number of methoxy groups -OCH3 is 1. The number of hydrogen-bond acceptors (Lipinski definition) is 5. The first-order valence-electron chi connectivity index (χ1n) is 6.60. The molecule has 0 aliphatic rings. The predicted molar refractivity (Wildman–Crippen MR) is 78.6 cm³/mol. The van der Waals surface area contributed by atoms with Gasteiger partial charge >= 0.3 is 0 Å². The average molecular weight is 307 g/mol. The summed E-state index contributed by atoms with van der Waals surface area (Å²) < 4.78 is 12.4. The lowest BCUT2D eigenvalue weighted by Crippen LogP contribution is -2.06. The molecule has 110 valence electrons. The fraction of sp³-hybridized carbons (Fsp3) is 0.357. The van der Waals surface area contributed by atoms with Crippen LogP contribution in [0.25, 0.3) is 11.0 Å². The molecule has 0 bridgehead atoms. The van der Waals surface area contributed by atoms with Crippen molar-refractivity contribution in [2.45, 2.75) is 25.8 Å². The van der Waals surface area contributed by atoms with Crippen molar-refractivity contribution in [1.29, 1.82) is 0 Å². The van der Waals surface area contributed by atoms with Crippen LogP contribution >= 0.6 is 11.6 Å². The molecule has 3 rings (SSSR count). The Morgan fingerprint density at radius 3 is 2.86 bits per heavy atom. The van der Waals surface area contributed by atoms with Crippen LogP contribution in [0.4, 0.5) is 0 Å². The summed E-state index contributed by atoms with van der Waals surface area (Å²) in [4.78, 5) is 8.77. The zero-order chi connectivity index (χ0) is 14.8. The summed E-state index contributed by atoms with van der Waals surface area (Å²) in [6.45, 7) is 2.46. The molecule has 0 fully saturated rings. The Morgan fingerprint density at radius 2 is 2.19 bits per heavy atom. The first kappa shape index (κ1) is 13.9.